The number of benzene rings is 1. The first-order valence-electron chi connectivity index (χ1n) is 5.04. The van der Waals surface area contributed by atoms with Crippen molar-refractivity contribution >= 4 is 43.8 Å². The summed E-state index contributed by atoms with van der Waals surface area (Å²) in [5, 5.41) is 4.38. The van der Waals surface area contributed by atoms with Gasteiger partial charge in [-0.3, -0.25) is 10.1 Å². The summed E-state index contributed by atoms with van der Waals surface area (Å²) in [5.41, 5.74) is 1.05. The minimum Gasteiger partial charge on any atom is -0.481 e. The van der Waals surface area contributed by atoms with Crippen LogP contribution in [0.5, 0.6) is 5.75 Å². The van der Waals surface area contributed by atoms with E-state index in [1.54, 1.807) is 0 Å². The third kappa shape index (κ3) is 4.30. The lowest BCUT2D eigenvalue weighted by Gasteiger charge is -2.10. The molecular formula is C11H12Br2N2O3. The van der Waals surface area contributed by atoms with E-state index in [0.717, 1.165) is 14.5 Å². The van der Waals surface area contributed by atoms with Gasteiger partial charge in [0.25, 0.3) is 5.91 Å². The maximum atomic E-state index is 11.3. The molecule has 1 aromatic rings. The number of rotatable bonds is 3. The van der Waals surface area contributed by atoms with Crippen LogP contribution in [-0.2, 0) is 4.79 Å². The van der Waals surface area contributed by atoms with Crippen molar-refractivity contribution in [3.05, 3.63) is 26.6 Å². The number of carbonyl (C=O) groups is 2. The van der Waals surface area contributed by atoms with Crippen molar-refractivity contribution < 1.29 is 14.3 Å². The van der Waals surface area contributed by atoms with Crippen molar-refractivity contribution in [1.29, 1.82) is 0 Å². The van der Waals surface area contributed by atoms with Gasteiger partial charge in [-0.2, -0.15) is 0 Å². The summed E-state index contributed by atoms with van der Waals surface area (Å²) in [6, 6.07) is 3.18. The normalized spacial score (nSPS) is 9.78. The standard InChI is InChI=1S/C11H12Br2N2O3/c1-6-3-7(12)10(8(13)4-6)18-5-9(16)15-11(17)14-2/h3-4H,5H2,1-2H3,(H2,14,15,16,17). The second-order valence-corrected chi connectivity index (χ2v) is 5.18. The van der Waals surface area contributed by atoms with Crippen molar-refractivity contribution in [2.45, 2.75) is 6.92 Å². The monoisotopic (exact) mass is 378 g/mol. The van der Waals surface area contributed by atoms with Crippen LogP contribution >= 0.6 is 31.9 Å². The Morgan fingerprint density at radius 2 is 1.83 bits per heavy atom. The topological polar surface area (TPSA) is 67.4 Å². The van der Waals surface area contributed by atoms with Gasteiger partial charge in [0, 0.05) is 7.05 Å². The first-order chi connectivity index (χ1) is 8.43. The molecule has 3 amide bonds. The van der Waals surface area contributed by atoms with Crippen molar-refractivity contribution in [3.8, 4) is 5.75 Å². The summed E-state index contributed by atoms with van der Waals surface area (Å²) in [6.45, 7) is 1.70. The van der Waals surface area contributed by atoms with Crippen LogP contribution in [0.1, 0.15) is 5.56 Å². The molecule has 5 nitrogen and oxygen atoms in total. The van der Waals surface area contributed by atoms with Crippen LogP contribution in [-0.4, -0.2) is 25.6 Å². The number of halogens is 2. The van der Waals surface area contributed by atoms with Crippen molar-refractivity contribution in [1.82, 2.24) is 10.6 Å². The molecule has 1 aromatic carbocycles. The smallest absolute Gasteiger partial charge is 0.321 e. The van der Waals surface area contributed by atoms with Crippen molar-refractivity contribution in [2.24, 2.45) is 0 Å². The lowest BCUT2D eigenvalue weighted by Crippen LogP contribution is -2.40. The fourth-order valence-corrected chi connectivity index (χ4v) is 2.83. The number of nitrogens with one attached hydrogen (secondary N) is 2. The molecule has 18 heavy (non-hydrogen) atoms. The van der Waals surface area contributed by atoms with Crippen LogP contribution in [0, 0.1) is 6.92 Å². The predicted molar refractivity (Wildman–Crippen MR) is 74.7 cm³/mol. The molecule has 0 heterocycles. The van der Waals surface area contributed by atoms with Gasteiger partial charge in [-0.25, -0.2) is 4.79 Å². The average molecular weight is 380 g/mol. The van der Waals surface area contributed by atoms with Gasteiger partial charge in [0.15, 0.2) is 6.61 Å². The fraction of sp³-hybridized carbons (Fsp3) is 0.273. The third-order valence-corrected chi connectivity index (χ3v) is 3.15. The zero-order valence-electron chi connectivity index (χ0n) is 9.84. The number of carbonyl (C=O) groups excluding carboxylic acids is 2. The molecule has 0 saturated heterocycles. The molecule has 2 N–H and O–H groups in total. The average Bonchev–Trinajstić information content (AvgIpc) is 2.27. The van der Waals surface area contributed by atoms with E-state index in [1.807, 2.05) is 19.1 Å². The van der Waals surface area contributed by atoms with E-state index in [0.29, 0.717) is 5.75 Å². The molecule has 0 aliphatic rings. The van der Waals surface area contributed by atoms with Gasteiger partial charge in [-0.1, -0.05) is 0 Å². The van der Waals surface area contributed by atoms with Crippen LogP contribution < -0.4 is 15.4 Å². The van der Waals surface area contributed by atoms with E-state index in [1.165, 1.54) is 7.05 Å². The number of imide groups is 1. The van der Waals surface area contributed by atoms with Crippen LogP contribution in [0.2, 0.25) is 0 Å². The summed E-state index contributed by atoms with van der Waals surface area (Å²) in [7, 11) is 1.43. The quantitative estimate of drug-likeness (QED) is 0.847. The first-order valence-corrected chi connectivity index (χ1v) is 6.62. The minimum absolute atomic E-state index is 0.242. The van der Waals surface area contributed by atoms with E-state index in [4.69, 9.17) is 4.74 Å². The van der Waals surface area contributed by atoms with Gasteiger partial charge in [-0.15, -0.1) is 0 Å². The summed E-state index contributed by atoms with van der Waals surface area (Å²) in [4.78, 5) is 22.2. The highest BCUT2D eigenvalue weighted by Gasteiger charge is 2.11. The Morgan fingerprint density at radius 3 is 2.33 bits per heavy atom. The van der Waals surface area contributed by atoms with Crippen molar-refractivity contribution in [2.75, 3.05) is 13.7 Å². The molecule has 98 valence electrons. The molecular weight excluding hydrogens is 368 g/mol. The molecule has 1 rings (SSSR count). The van der Waals surface area contributed by atoms with Crippen LogP contribution in [0.4, 0.5) is 4.79 Å². The van der Waals surface area contributed by atoms with E-state index in [2.05, 4.69) is 42.5 Å². The molecule has 0 saturated carbocycles. The first kappa shape index (κ1) is 15.0. The lowest BCUT2D eigenvalue weighted by molar-refractivity contribution is -0.122. The fourth-order valence-electron chi connectivity index (χ4n) is 1.19. The molecule has 0 aliphatic carbocycles. The third-order valence-electron chi connectivity index (χ3n) is 1.97. The molecule has 0 atom stereocenters. The summed E-state index contributed by atoms with van der Waals surface area (Å²) in [6.07, 6.45) is 0. The summed E-state index contributed by atoms with van der Waals surface area (Å²) in [5.74, 6) is 0.00128. The Kier molecular flexibility index (Phi) is 5.61. The SMILES string of the molecule is CNC(=O)NC(=O)COc1c(Br)cc(C)cc1Br. The van der Waals surface area contributed by atoms with Gasteiger partial charge in [0.2, 0.25) is 0 Å². The molecule has 0 aromatic heterocycles. The predicted octanol–water partition coefficient (Wildman–Crippen LogP) is 2.35. The van der Waals surface area contributed by atoms with Gasteiger partial charge in [0.05, 0.1) is 8.95 Å². The number of urea groups is 1. The number of ether oxygens (including phenoxy) is 1. The van der Waals surface area contributed by atoms with E-state index in [9.17, 15) is 9.59 Å². The maximum Gasteiger partial charge on any atom is 0.321 e. The van der Waals surface area contributed by atoms with Crippen LogP contribution in [0.25, 0.3) is 0 Å². The highest BCUT2D eigenvalue weighted by Crippen LogP contribution is 2.34. The van der Waals surface area contributed by atoms with Crippen LogP contribution in [0.3, 0.4) is 0 Å². The Bertz CT molecular complexity index is 454. The number of hydrogen-bond donors (Lipinski definition) is 2. The molecule has 0 spiro atoms. The number of aryl methyl sites for hydroxylation is 1. The molecule has 0 aliphatic heterocycles. The van der Waals surface area contributed by atoms with E-state index < -0.39 is 11.9 Å². The lowest BCUT2D eigenvalue weighted by atomic mass is 10.2. The van der Waals surface area contributed by atoms with Gasteiger partial charge in [-0.05, 0) is 56.5 Å². The number of amides is 3. The molecule has 7 heteroatoms. The molecule has 0 bridgehead atoms. The van der Waals surface area contributed by atoms with Crippen molar-refractivity contribution in [3.63, 3.8) is 0 Å². The van der Waals surface area contributed by atoms with E-state index >= 15 is 0 Å². The van der Waals surface area contributed by atoms with Gasteiger partial charge < -0.3 is 10.1 Å². The van der Waals surface area contributed by atoms with Crippen LogP contribution in [0.15, 0.2) is 21.1 Å². The van der Waals surface area contributed by atoms with Gasteiger partial charge >= 0.3 is 6.03 Å². The Balaban J connectivity index is 2.64. The Labute approximate surface area is 122 Å². The highest BCUT2D eigenvalue weighted by molar-refractivity contribution is 9.11. The zero-order valence-corrected chi connectivity index (χ0v) is 13.0. The van der Waals surface area contributed by atoms with Gasteiger partial charge in [0.1, 0.15) is 5.75 Å². The Morgan fingerprint density at radius 1 is 1.28 bits per heavy atom. The Hall–Kier alpha value is -1.08. The molecule has 0 unspecified atom stereocenters. The number of hydrogen-bond acceptors (Lipinski definition) is 3. The second-order valence-electron chi connectivity index (χ2n) is 3.47. The summed E-state index contributed by atoms with van der Waals surface area (Å²) >= 11 is 6.69. The molecule has 0 radical (unpaired) electrons. The second kappa shape index (κ2) is 6.75. The zero-order chi connectivity index (χ0) is 13.7. The van der Waals surface area contributed by atoms with E-state index in [-0.39, 0.29) is 6.61 Å². The molecule has 0 fully saturated rings. The maximum absolute atomic E-state index is 11.3. The largest absolute Gasteiger partial charge is 0.481 e. The summed E-state index contributed by atoms with van der Waals surface area (Å²) < 4.78 is 6.82. The minimum atomic E-state index is -0.564. The highest BCUT2D eigenvalue weighted by atomic mass is 79.9.